The number of rotatable bonds is 4. The van der Waals surface area contributed by atoms with Gasteiger partial charge in [0.2, 0.25) is 0 Å². The van der Waals surface area contributed by atoms with Crippen molar-refractivity contribution in [3.8, 4) is 0 Å². The highest BCUT2D eigenvalue weighted by atomic mass is 32.1. The van der Waals surface area contributed by atoms with Gasteiger partial charge in [0.1, 0.15) is 6.10 Å². The van der Waals surface area contributed by atoms with Crippen LogP contribution in [-0.2, 0) is 9.47 Å². The van der Waals surface area contributed by atoms with Gasteiger partial charge < -0.3 is 15.2 Å². The van der Waals surface area contributed by atoms with E-state index in [0.717, 1.165) is 0 Å². The molecular formula is C11H21NO2S. The minimum absolute atomic E-state index is 0.0177. The summed E-state index contributed by atoms with van der Waals surface area (Å²) in [7, 11) is 0. The highest BCUT2D eigenvalue weighted by molar-refractivity contribution is 7.80. The number of thiol groups is 1. The summed E-state index contributed by atoms with van der Waals surface area (Å²) in [5.74, 6) is 0.662. The zero-order chi connectivity index (χ0) is 10.7. The van der Waals surface area contributed by atoms with Gasteiger partial charge in [-0.2, -0.15) is 12.6 Å². The molecule has 1 saturated heterocycles. The van der Waals surface area contributed by atoms with E-state index in [9.17, 15) is 0 Å². The average molecular weight is 231 g/mol. The summed E-state index contributed by atoms with van der Waals surface area (Å²) in [5, 5.41) is 0. The third-order valence-corrected chi connectivity index (χ3v) is 3.67. The van der Waals surface area contributed by atoms with Crippen molar-refractivity contribution in [3.05, 3.63) is 0 Å². The fourth-order valence-corrected chi connectivity index (χ4v) is 2.40. The Kier molecular flexibility index (Phi) is 4.31. The Morgan fingerprint density at radius 2 is 1.93 bits per heavy atom. The first-order chi connectivity index (χ1) is 7.31. The molecule has 0 aromatic rings. The smallest absolute Gasteiger partial charge is 0.186 e. The van der Waals surface area contributed by atoms with Crippen molar-refractivity contribution in [1.29, 1.82) is 0 Å². The van der Waals surface area contributed by atoms with E-state index in [1.807, 2.05) is 0 Å². The van der Waals surface area contributed by atoms with E-state index in [1.54, 1.807) is 0 Å². The number of hydrogen-bond donors (Lipinski definition) is 2. The van der Waals surface area contributed by atoms with Crippen LogP contribution in [0.25, 0.3) is 0 Å². The lowest BCUT2D eigenvalue weighted by Crippen LogP contribution is -2.31. The van der Waals surface area contributed by atoms with E-state index in [-0.39, 0.29) is 18.4 Å². The molecule has 2 N–H and O–H groups in total. The third kappa shape index (κ3) is 3.34. The minimum Gasteiger partial charge on any atom is -0.347 e. The van der Waals surface area contributed by atoms with E-state index >= 15 is 0 Å². The molecule has 3 unspecified atom stereocenters. The molecule has 1 saturated carbocycles. The Morgan fingerprint density at radius 1 is 1.27 bits per heavy atom. The molecular weight excluding hydrogens is 210 g/mol. The van der Waals surface area contributed by atoms with Crippen molar-refractivity contribution >= 4 is 12.6 Å². The van der Waals surface area contributed by atoms with Gasteiger partial charge in [-0.15, -0.1) is 0 Å². The predicted octanol–water partition coefficient (Wildman–Crippen LogP) is 1.71. The molecule has 2 rings (SSSR count). The van der Waals surface area contributed by atoms with Gasteiger partial charge in [-0.3, -0.25) is 0 Å². The topological polar surface area (TPSA) is 47.8 Å². The number of hydrogen-bond acceptors (Lipinski definition) is 4. The van der Waals surface area contributed by atoms with Gasteiger partial charge in [0, 0.05) is 11.8 Å². The van der Waals surface area contributed by atoms with Crippen LogP contribution in [0.15, 0.2) is 0 Å². The maximum atomic E-state index is 5.88. The zero-order valence-corrected chi connectivity index (χ0v) is 9.99. The van der Waals surface area contributed by atoms with Gasteiger partial charge in [-0.05, 0) is 12.8 Å². The lowest BCUT2D eigenvalue weighted by molar-refractivity contribution is -0.0180. The molecule has 1 heterocycles. The maximum Gasteiger partial charge on any atom is 0.186 e. The SMILES string of the molecule is NC(CS)C1OC1OC1CCCCCC1. The van der Waals surface area contributed by atoms with E-state index in [4.69, 9.17) is 15.2 Å². The van der Waals surface area contributed by atoms with Crippen molar-refractivity contribution < 1.29 is 9.47 Å². The van der Waals surface area contributed by atoms with Crippen LogP contribution in [0.1, 0.15) is 38.5 Å². The van der Waals surface area contributed by atoms with Gasteiger partial charge in [0.15, 0.2) is 6.29 Å². The lowest BCUT2D eigenvalue weighted by Gasteiger charge is -2.13. The van der Waals surface area contributed by atoms with Crippen molar-refractivity contribution in [1.82, 2.24) is 0 Å². The monoisotopic (exact) mass is 231 g/mol. The second-order valence-electron chi connectivity index (χ2n) is 4.57. The quantitative estimate of drug-likeness (QED) is 0.440. The molecule has 3 atom stereocenters. The molecule has 0 aromatic heterocycles. The summed E-state index contributed by atoms with van der Waals surface area (Å²) in [5.41, 5.74) is 5.82. The first-order valence-electron chi connectivity index (χ1n) is 5.98. The minimum atomic E-state index is -0.0461. The predicted molar refractivity (Wildman–Crippen MR) is 63.1 cm³/mol. The summed E-state index contributed by atoms with van der Waals surface area (Å²) >= 11 is 4.16. The number of epoxide rings is 1. The molecule has 15 heavy (non-hydrogen) atoms. The van der Waals surface area contributed by atoms with E-state index in [2.05, 4.69) is 12.6 Å². The zero-order valence-electron chi connectivity index (χ0n) is 9.10. The average Bonchev–Trinajstić information content (AvgIpc) is 3.02. The number of nitrogens with two attached hydrogens (primary N) is 1. The summed E-state index contributed by atoms with van der Waals surface area (Å²) in [6.45, 7) is 0. The summed E-state index contributed by atoms with van der Waals surface area (Å²) in [4.78, 5) is 0. The molecule has 0 amide bonds. The largest absolute Gasteiger partial charge is 0.347 e. The van der Waals surface area contributed by atoms with Gasteiger partial charge in [-0.1, -0.05) is 25.7 Å². The van der Waals surface area contributed by atoms with Crippen LogP contribution in [0.3, 0.4) is 0 Å². The summed E-state index contributed by atoms with van der Waals surface area (Å²) in [6, 6.07) is 0.0177. The Hall–Kier alpha value is 0.230. The maximum absolute atomic E-state index is 5.88. The Morgan fingerprint density at radius 3 is 2.53 bits per heavy atom. The van der Waals surface area contributed by atoms with Crippen molar-refractivity contribution in [3.63, 3.8) is 0 Å². The van der Waals surface area contributed by atoms with Crippen molar-refractivity contribution in [2.24, 2.45) is 5.73 Å². The molecule has 0 spiro atoms. The standard InChI is InChI=1S/C11H21NO2S/c12-9(7-15)10-11(14-10)13-8-5-3-1-2-4-6-8/h8-11,15H,1-7,12H2. The summed E-state index contributed by atoms with van der Waals surface area (Å²) in [6.07, 6.45) is 8.10. The van der Waals surface area contributed by atoms with Crippen LogP contribution < -0.4 is 5.73 Å². The first-order valence-corrected chi connectivity index (χ1v) is 6.62. The normalized spacial score (nSPS) is 34.8. The van der Waals surface area contributed by atoms with Crippen LogP contribution in [0.2, 0.25) is 0 Å². The molecule has 0 bridgehead atoms. The molecule has 3 nitrogen and oxygen atoms in total. The van der Waals surface area contributed by atoms with Gasteiger partial charge in [-0.25, -0.2) is 0 Å². The van der Waals surface area contributed by atoms with E-state index in [0.29, 0.717) is 11.9 Å². The Labute approximate surface area is 97.1 Å². The van der Waals surface area contributed by atoms with E-state index < -0.39 is 0 Å². The molecule has 0 radical (unpaired) electrons. The first kappa shape index (κ1) is 11.7. The third-order valence-electron chi connectivity index (χ3n) is 3.24. The Balaban J connectivity index is 1.69. The highest BCUT2D eigenvalue weighted by Gasteiger charge is 2.45. The molecule has 0 aromatic carbocycles. The molecule has 1 aliphatic carbocycles. The van der Waals surface area contributed by atoms with Crippen LogP contribution in [0.4, 0.5) is 0 Å². The molecule has 88 valence electrons. The fourth-order valence-electron chi connectivity index (χ4n) is 2.19. The van der Waals surface area contributed by atoms with Gasteiger partial charge in [0.05, 0.1) is 6.10 Å². The lowest BCUT2D eigenvalue weighted by atomic mass is 10.1. The fraction of sp³-hybridized carbons (Fsp3) is 1.00. The van der Waals surface area contributed by atoms with Gasteiger partial charge >= 0.3 is 0 Å². The van der Waals surface area contributed by atoms with Crippen LogP contribution >= 0.6 is 12.6 Å². The van der Waals surface area contributed by atoms with Crippen LogP contribution in [0.5, 0.6) is 0 Å². The molecule has 4 heteroatoms. The van der Waals surface area contributed by atoms with Crippen LogP contribution in [-0.4, -0.2) is 30.3 Å². The molecule has 1 aliphatic heterocycles. The van der Waals surface area contributed by atoms with Crippen molar-refractivity contribution in [2.45, 2.75) is 63.1 Å². The summed E-state index contributed by atoms with van der Waals surface area (Å²) < 4.78 is 11.3. The van der Waals surface area contributed by atoms with Crippen LogP contribution in [0, 0.1) is 0 Å². The second-order valence-corrected chi connectivity index (χ2v) is 4.93. The Bertz CT molecular complexity index is 195. The van der Waals surface area contributed by atoms with Crippen molar-refractivity contribution in [2.75, 3.05) is 5.75 Å². The molecule has 2 fully saturated rings. The second kappa shape index (κ2) is 5.53. The van der Waals surface area contributed by atoms with Gasteiger partial charge in [0.25, 0.3) is 0 Å². The highest BCUT2D eigenvalue weighted by Crippen LogP contribution is 2.30. The molecule has 2 aliphatic rings. The van der Waals surface area contributed by atoms with E-state index in [1.165, 1.54) is 38.5 Å². The number of ether oxygens (including phenoxy) is 2.